The smallest absolute Gasteiger partial charge is 0.224 e. The molecule has 0 aliphatic heterocycles. The maximum absolute atomic E-state index is 11.6. The van der Waals surface area contributed by atoms with E-state index in [0.29, 0.717) is 16.4 Å². The molecule has 0 radical (unpaired) electrons. The SMILES string of the molecule is CS(=O)(=O)CCCC(=O)Nc1cc(Cl)ccc1N. The molecule has 0 atom stereocenters. The summed E-state index contributed by atoms with van der Waals surface area (Å²) in [6.45, 7) is 0. The second kappa shape index (κ2) is 6.06. The molecule has 0 aromatic heterocycles. The monoisotopic (exact) mass is 290 g/mol. The van der Waals surface area contributed by atoms with Gasteiger partial charge < -0.3 is 11.1 Å². The number of nitrogens with two attached hydrogens (primary N) is 1. The van der Waals surface area contributed by atoms with Crippen LogP contribution in [0.4, 0.5) is 11.4 Å². The summed E-state index contributed by atoms with van der Waals surface area (Å²) in [5, 5.41) is 3.06. The molecule has 0 saturated carbocycles. The number of carbonyl (C=O) groups excluding carboxylic acids is 1. The maximum atomic E-state index is 11.6. The molecule has 0 saturated heterocycles. The fourth-order valence-electron chi connectivity index (χ4n) is 1.34. The summed E-state index contributed by atoms with van der Waals surface area (Å²) in [6.07, 6.45) is 1.55. The number of sulfone groups is 1. The zero-order chi connectivity index (χ0) is 13.8. The first-order valence-corrected chi connectivity index (χ1v) is 7.74. The van der Waals surface area contributed by atoms with E-state index in [9.17, 15) is 13.2 Å². The van der Waals surface area contributed by atoms with E-state index in [-0.39, 0.29) is 24.5 Å². The van der Waals surface area contributed by atoms with Crippen molar-refractivity contribution >= 4 is 38.7 Å². The lowest BCUT2D eigenvalue weighted by atomic mass is 10.2. The molecule has 100 valence electrons. The molecule has 1 rings (SSSR count). The Hall–Kier alpha value is -1.27. The van der Waals surface area contributed by atoms with Crippen LogP contribution in [0, 0.1) is 0 Å². The Morgan fingerprint density at radius 1 is 1.44 bits per heavy atom. The van der Waals surface area contributed by atoms with Crippen LogP contribution in [0.2, 0.25) is 5.02 Å². The summed E-state index contributed by atoms with van der Waals surface area (Å²) in [7, 11) is -3.03. The Morgan fingerprint density at radius 3 is 2.72 bits per heavy atom. The van der Waals surface area contributed by atoms with Gasteiger partial charge in [-0.25, -0.2) is 8.42 Å². The summed E-state index contributed by atoms with van der Waals surface area (Å²) in [5.74, 6) is -0.293. The molecule has 18 heavy (non-hydrogen) atoms. The molecular weight excluding hydrogens is 276 g/mol. The second-order valence-corrected chi connectivity index (χ2v) is 6.71. The molecule has 1 amide bonds. The highest BCUT2D eigenvalue weighted by Crippen LogP contribution is 2.23. The normalized spacial score (nSPS) is 11.2. The fourth-order valence-corrected chi connectivity index (χ4v) is 2.19. The van der Waals surface area contributed by atoms with Gasteiger partial charge in [-0.1, -0.05) is 11.6 Å². The van der Waals surface area contributed by atoms with Crippen LogP contribution in [0.25, 0.3) is 0 Å². The zero-order valence-corrected chi connectivity index (χ0v) is 11.5. The Morgan fingerprint density at radius 2 is 2.11 bits per heavy atom. The van der Waals surface area contributed by atoms with Gasteiger partial charge in [-0.15, -0.1) is 0 Å². The summed E-state index contributed by atoms with van der Waals surface area (Å²) in [4.78, 5) is 11.6. The number of hydrogen-bond donors (Lipinski definition) is 2. The standard InChI is InChI=1S/C11H15ClN2O3S/c1-18(16,17)6-2-3-11(15)14-10-7-8(12)4-5-9(10)13/h4-5,7H,2-3,6,13H2,1H3,(H,14,15). The van der Waals surface area contributed by atoms with Crippen LogP contribution in [0.15, 0.2) is 18.2 Å². The van der Waals surface area contributed by atoms with Crippen LogP contribution >= 0.6 is 11.6 Å². The van der Waals surface area contributed by atoms with Crippen LogP contribution in [0.5, 0.6) is 0 Å². The van der Waals surface area contributed by atoms with Crippen molar-refractivity contribution in [3.05, 3.63) is 23.2 Å². The summed E-state index contributed by atoms with van der Waals surface area (Å²) >= 11 is 5.78. The molecule has 1 aromatic rings. The van der Waals surface area contributed by atoms with E-state index in [1.54, 1.807) is 18.2 Å². The number of anilines is 2. The van der Waals surface area contributed by atoms with Gasteiger partial charge in [-0.2, -0.15) is 0 Å². The van der Waals surface area contributed by atoms with Gasteiger partial charge in [0.15, 0.2) is 0 Å². The molecule has 0 heterocycles. The molecular formula is C11H15ClN2O3S. The van der Waals surface area contributed by atoms with Gasteiger partial charge in [0.2, 0.25) is 5.91 Å². The average Bonchev–Trinajstić information content (AvgIpc) is 2.21. The van der Waals surface area contributed by atoms with Gasteiger partial charge in [0.05, 0.1) is 17.1 Å². The van der Waals surface area contributed by atoms with Crippen molar-refractivity contribution in [2.75, 3.05) is 23.1 Å². The van der Waals surface area contributed by atoms with Gasteiger partial charge in [-0.3, -0.25) is 4.79 Å². The summed E-state index contributed by atoms with van der Waals surface area (Å²) in [5.41, 5.74) is 6.52. The Kier molecular flexibility index (Phi) is 4.98. The van der Waals surface area contributed by atoms with Crippen molar-refractivity contribution in [1.82, 2.24) is 0 Å². The molecule has 5 nitrogen and oxygen atoms in total. The molecule has 0 unspecified atom stereocenters. The number of nitrogen functional groups attached to an aromatic ring is 1. The fraction of sp³-hybridized carbons (Fsp3) is 0.364. The van der Waals surface area contributed by atoms with Crippen molar-refractivity contribution in [3.8, 4) is 0 Å². The lowest BCUT2D eigenvalue weighted by molar-refractivity contribution is -0.116. The quantitative estimate of drug-likeness (QED) is 0.808. The number of carbonyl (C=O) groups is 1. The number of nitrogens with one attached hydrogen (secondary N) is 1. The van der Waals surface area contributed by atoms with E-state index in [0.717, 1.165) is 6.26 Å². The summed E-state index contributed by atoms with van der Waals surface area (Å²) < 4.78 is 21.8. The van der Waals surface area contributed by atoms with E-state index in [2.05, 4.69) is 5.32 Å². The topological polar surface area (TPSA) is 89.3 Å². The third-order valence-corrected chi connectivity index (χ3v) is 3.47. The van der Waals surface area contributed by atoms with Crippen LogP contribution < -0.4 is 11.1 Å². The van der Waals surface area contributed by atoms with E-state index in [4.69, 9.17) is 17.3 Å². The predicted octanol–water partition coefficient (Wildman–Crippen LogP) is 1.69. The second-order valence-electron chi connectivity index (χ2n) is 4.01. The number of benzene rings is 1. The first-order valence-electron chi connectivity index (χ1n) is 5.30. The largest absolute Gasteiger partial charge is 0.397 e. The van der Waals surface area contributed by atoms with Gasteiger partial charge in [0.25, 0.3) is 0 Å². The van der Waals surface area contributed by atoms with Crippen molar-refractivity contribution in [3.63, 3.8) is 0 Å². The predicted molar refractivity (Wildman–Crippen MR) is 73.4 cm³/mol. The molecule has 0 aliphatic carbocycles. The molecule has 7 heteroatoms. The van der Waals surface area contributed by atoms with Gasteiger partial charge in [0, 0.05) is 17.7 Å². The van der Waals surface area contributed by atoms with Crippen molar-refractivity contribution in [2.45, 2.75) is 12.8 Å². The van der Waals surface area contributed by atoms with E-state index in [1.165, 1.54) is 0 Å². The maximum Gasteiger partial charge on any atom is 0.224 e. The molecule has 0 fully saturated rings. The summed E-state index contributed by atoms with van der Waals surface area (Å²) in [6, 6.07) is 4.76. The average molecular weight is 291 g/mol. The van der Waals surface area contributed by atoms with E-state index >= 15 is 0 Å². The molecule has 1 aromatic carbocycles. The van der Waals surface area contributed by atoms with Crippen LogP contribution in [-0.2, 0) is 14.6 Å². The van der Waals surface area contributed by atoms with Crippen LogP contribution in [-0.4, -0.2) is 26.3 Å². The third-order valence-electron chi connectivity index (χ3n) is 2.21. The van der Waals surface area contributed by atoms with Gasteiger partial charge in [0.1, 0.15) is 9.84 Å². The highest BCUT2D eigenvalue weighted by molar-refractivity contribution is 7.90. The Labute approximate surface area is 111 Å². The minimum Gasteiger partial charge on any atom is -0.397 e. The molecule has 0 spiro atoms. The Balaban J connectivity index is 2.52. The third kappa shape index (κ3) is 5.37. The van der Waals surface area contributed by atoms with E-state index < -0.39 is 9.84 Å². The minimum absolute atomic E-state index is 0.00848. The Bertz CT molecular complexity index is 543. The zero-order valence-electron chi connectivity index (χ0n) is 9.94. The molecule has 0 aliphatic rings. The first kappa shape index (κ1) is 14.8. The lowest BCUT2D eigenvalue weighted by Crippen LogP contribution is -2.14. The number of amides is 1. The van der Waals surface area contributed by atoms with Crippen molar-refractivity contribution < 1.29 is 13.2 Å². The highest BCUT2D eigenvalue weighted by atomic mass is 35.5. The van der Waals surface area contributed by atoms with Crippen LogP contribution in [0.3, 0.4) is 0 Å². The number of rotatable bonds is 5. The highest BCUT2D eigenvalue weighted by Gasteiger charge is 2.08. The first-order chi connectivity index (χ1) is 8.28. The lowest BCUT2D eigenvalue weighted by Gasteiger charge is -2.08. The molecule has 3 N–H and O–H groups in total. The van der Waals surface area contributed by atoms with E-state index in [1.807, 2.05) is 0 Å². The number of halogens is 1. The number of hydrogen-bond acceptors (Lipinski definition) is 4. The van der Waals surface area contributed by atoms with Gasteiger partial charge >= 0.3 is 0 Å². The minimum atomic E-state index is -3.03. The molecule has 0 bridgehead atoms. The van der Waals surface area contributed by atoms with Gasteiger partial charge in [-0.05, 0) is 24.6 Å². The van der Waals surface area contributed by atoms with Crippen LogP contribution in [0.1, 0.15) is 12.8 Å². The van der Waals surface area contributed by atoms with Crippen molar-refractivity contribution in [1.29, 1.82) is 0 Å². The van der Waals surface area contributed by atoms with Crippen molar-refractivity contribution in [2.24, 2.45) is 0 Å².